The van der Waals surface area contributed by atoms with Gasteiger partial charge in [-0.2, -0.15) is 0 Å². The maximum Gasteiger partial charge on any atom is 0.340 e. The highest BCUT2D eigenvalue weighted by Crippen LogP contribution is 2.22. The summed E-state index contributed by atoms with van der Waals surface area (Å²) in [6.07, 6.45) is 2.87. The summed E-state index contributed by atoms with van der Waals surface area (Å²) in [6.45, 7) is 4.78. The van der Waals surface area contributed by atoms with Crippen molar-refractivity contribution in [2.45, 2.75) is 26.8 Å². The number of esters is 1. The molecule has 3 N–H and O–H groups in total. The monoisotopic (exact) mass is 305 g/mol. The first-order valence-corrected chi connectivity index (χ1v) is 7.69. The van der Waals surface area contributed by atoms with Crippen LogP contribution in [-0.2, 0) is 17.7 Å². The second-order valence-corrected chi connectivity index (χ2v) is 5.65. The summed E-state index contributed by atoms with van der Waals surface area (Å²) in [5.74, 6) is -0.374. The normalized spacial score (nSPS) is 10.4. The fraction of sp³-hybridized carbons (Fsp3) is 0.333. The molecule has 0 radical (unpaired) electrons. The Labute approximate surface area is 128 Å². The molecule has 112 valence electrons. The topological polar surface area (TPSA) is 77.2 Å². The molecule has 0 unspecified atom stereocenters. The van der Waals surface area contributed by atoms with Crippen LogP contribution in [0, 0.1) is 0 Å². The third kappa shape index (κ3) is 3.95. The molecule has 6 heteroatoms. The van der Waals surface area contributed by atoms with Gasteiger partial charge in [0.25, 0.3) is 0 Å². The van der Waals surface area contributed by atoms with Gasteiger partial charge >= 0.3 is 5.97 Å². The summed E-state index contributed by atoms with van der Waals surface area (Å²) < 4.78 is 5.05. The highest BCUT2D eigenvalue weighted by atomic mass is 32.1. The molecule has 0 atom stereocenters. The lowest BCUT2D eigenvalue weighted by Gasteiger charge is -2.11. The summed E-state index contributed by atoms with van der Waals surface area (Å²) in [4.78, 5) is 17.5. The van der Waals surface area contributed by atoms with Crippen LogP contribution in [0.5, 0.6) is 0 Å². The quantitative estimate of drug-likeness (QED) is 0.633. The minimum absolute atomic E-state index is 0.333. The van der Waals surface area contributed by atoms with Crippen LogP contribution in [0.2, 0.25) is 0 Å². The van der Waals surface area contributed by atoms with E-state index < -0.39 is 0 Å². The summed E-state index contributed by atoms with van der Waals surface area (Å²) in [6, 6.07) is 5.17. The summed E-state index contributed by atoms with van der Waals surface area (Å²) in [7, 11) is 0. The molecule has 2 aromatic rings. The van der Waals surface area contributed by atoms with E-state index in [1.807, 2.05) is 6.20 Å². The molecule has 1 aromatic heterocycles. The number of carbonyl (C=O) groups excluding carboxylic acids is 1. The average molecular weight is 305 g/mol. The first-order chi connectivity index (χ1) is 10.1. The number of hydrogen-bond donors (Lipinski definition) is 2. The molecule has 2 rings (SSSR count). The first kappa shape index (κ1) is 15.3. The highest BCUT2D eigenvalue weighted by molar-refractivity contribution is 7.11. The van der Waals surface area contributed by atoms with Crippen molar-refractivity contribution >= 4 is 28.7 Å². The molecule has 1 aromatic carbocycles. The summed E-state index contributed by atoms with van der Waals surface area (Å²) >= 11 is 1.67. The minimum Gasteiger partial charge on any atom is -0.462 e. The standard InChI is InChI=1S/C15H19N3O2S/c1-3-11-8-18-14(21-11)9-17-13-6-5-10(16)7-12(13)15(19)20-4-2/h5-8,17H,3-4,9,16H2,1-2H3. The van der Waals surface area contributed by atoms with Gasteiger partial charge in [-0.05, 0) is 31.5 Å². The molecule has 0 fully saturated rings. The molecule has 0 bridgehead atoms. The van der Waals surface area contributed by atoms with E-state index in [9.17, 15) is 4.79 Å². The number of nitrogen functional groups attached to an aromatic ring is 1. The van der Waals surface area contributed by atoms with Crippen molar-refractivity contribution in [2.24, 2.45) is 0 Å². The third-order valence-corrected chi connectivity index (χ3v) is 4.06. The van der Waals surface area contributed by atoms with Crippen molar-refractivity contribution < 1.29 is 9.53 Å². The number of aromatic nitrogens is 1. The number of anilines is 2. The van der Waals surface area contributed by atoms with Crippen LogP contribution >= 0.6 is 11.3 Å². The Kier molecular flexibility index (Phi) is 5.16. The van der Waals surface area contributed by atoms with Crippen molar-refractivity contribution in [1.82, 2.24) is 4.98 Å². The number of nitrogens with zero attached hydrogens (tertiary/aromatic N) is 1. The number of rotatable bonds is 6. The molecule has 0 aliphatic heterocycles. The Morgan fingerprint density at radius 3 is 2.90 bits per heavy atom. The van der Waals surface area contributed by atoms with Crippen LogP contribution in [0.25, 0.3) is 0 Å². The number of nitrogens with two attached hydrogens (primary N) is 1. The van der Waals surface area contributed by atoms with Crippen molar-refractivity contribution in [3.63, 3.8) is 0 Å². The van der Waals surface area contributed by atoms with Gasteiger partial charge in [-0.25, -0.2) is 9.78 Å². The van der Waals surface area contributed by atoms with Gasteiger partial charge in [0.15, 0.2) is 0 Å². The van der Waals surface area contributed by atoms with Crippen LogP contribution in [0.3, 0.4) is 0 Å². The van der Waals surface area contributed by atoms with Gasteiger partial charge < -0.3 is 15.8 Å². The van der Waals surface area contributed by atoms with E-state index in [1.54, 1.807) is 36.5 Å². The lowest BCUT2D eigenvalue weighted by Crippen LogP contribution is -2.10. The predicted octanol–water partition coefficient (Wildman–Crippen LogP) is 3.08. The Bertz CT molecular complexity index is 625. The molecular weight excluding hydrogens is 286 g/mol. The van der Waals surface area contributed by atoms with Crippen LogP contribution in [0.15, 0.2) is 24.4 Å². The van der Waals surface area contributed by atoms with Gasteiger partial charge in [0.2, 0.25) is 0 Å². The van der Waals surface area contributed by atoms with Gasteiger partial charge in [0, 0.05) is 22.4 Å². The first-order valence-electron chi connectivity index (χ1n) is 6.88. The molecule has 0 spiro atoms. The zero-order valence-corrected chi connectivity index (χ0v) is 13.0. The van der Waals surface area contributed by atoms with E-state index in [0.717, 1.165) is 11.4 Å². The third-order valence-electron chi connectivity index (χ3n) is 2.92. The molecule has 0 saturated carbocycles. The van der Waals surface area contributed by atoms with E-state index in [0.29, 0.717) is 30.1 Å². The lowest BCUT2D eigenvalue weighted by atomic mass is 10.1. The van der Waals surface area contributed by atoms with Crippen LogP contribution in [0.1, 0.15) is 34.1 Å². The Morgan fingerprint density at radius 2 is 2.24 bits per heavy atom. The SMILES string of the molecule is CCOC(=O)c1cc(N)ccc1NCc1ncc(CC)s1. The number of carbonyl (C=O) groups is 1. The highest BCUT2D eigenvalue weighted by Gasteiger charge is 2.13. The molecule has 0 aliphatic carbocycles. The van der Waals surface area contributed by atoms with Crippen molar-refractivity contribution in [3.05, 3.63) is 39.8 Å². The van der Waals surface area contributed by atoms with Gasteiger partial charge in [-0.1, -0.05) is 6.92 Å². The Hall–Kier alpha value is -2.08. The van der Waals surface area contributed by atoms with E-state index in [-0.39, 0.29) is 5.97 Å². The number of ether oxygens (including phenoxy) is 1. The Morgan fingerprint density at radius 1 is 1.43 bits per heavy atom. The van der Waals surface area contributed by atoms with Crippen molar-refractivity contribution in [1.29, 1.82) is 0 Å². The van der Waals surface area contributed by atoms with Crippen molar-refractivity contribution in [3.8, 4) is 0 Å². The summed E-state index contributed by atoms with van der Waals surface area (Å²) in [5, 5.41) is 4.21. The van der Waals surface area contributed by atoms with Crippen LogP contribution < -0.4 is 11.1 Å². The summed E-state index contributed by atoms with van der Waals surface area (Å²) in [5.41, 5.74) is 7.43. The number of thiazole rings is 1. The number of hydrogen-bond acceptors (Lipinski definition) is 6. The average Bonchev–Trinajstić information content (AvgIpc) is 2.94. The van der Waals surface area contributed by atoms with Gasteiger partial charge in [0.05, 0.1) is 18.7 Å². The Balaban J connectivity index is 2.13. The number of aryl methyl sites for hydroxylation is 1. The molecule has 21 heavy (non-hydrogen) atoms. The second-order valence-electron chi connectivity index (χ2n) is 4.45. The maximum atomic E-state index is 11.9. The molecular formula is C15H19N3O2S. The second kappa shape index (κ2) is 7.08. The van der Waals surface area contributed by atoms with E-state index >= 15 is 0 Å². The molecule has 0 amide bonds. The van der Waals surface area contributed by atoms with Gasteiger partial charge in [-0.3, -0.25) is 0 Å². The molecule has 5 nitrogen and oxygen atoms in total. The lowest BCUT2D eigenvalue weighted by molar-refractivity contribution is 0.0527. The maximum absolute atomic E-state index is 11.9. The van der Waals surface area contributed by atoms with Crippen molar-refractivity contribution in [2.75, 3.05) is 17.7 Å². The zero-order valence-electron chi connectivity index (χ0n) is 12.2. The fourth-order valence-corrected chi connectivity index (χ4v) is 2.66. The van der Waals surface area contributed by atoms with Crippen LogP contribution in [-0.4, -0.2) is 17.6 Å². The molecule has 1 heterocycles. The van der Waals surface area contributed by atoms with Gasteiger partial charge in [-0.15, -0.1) is 11.3 Å². The van der Waals surface area contributed by atoms with Gasteiger partial charge in [0.1, 0.15) is 5.01 Å². The van der Waals surface area contributed by atoms with E-state index in [4.69, 9.17) is 10.5 Å². The molecule has 0 saturated heterocycles. The molecule has 0 aliphatic rings. The number of nitrogens with one attached hydrogen (secondary N) is 1. The smallest absolute Gasteiger partial charge is 0.340 e. The van der Waals surface area contributed by atoms with Crippen LogP contribution in [0.4, 0.5) is 11.4 Å². The number of benzene rings is 1. The van der Waals surface area contributed by atoms with E-state index in [1.165, 1.54) is 4.88 Å². The van der Waals surface area contributed by atoms with E-state index in [2.05, 4.69) is 17.2 Å². The zero-order chi connectivity index (χ0) is 15.2. The minimum atomic E-state index is -0.374. The largest absolute Gasteiger partial charge is 0.462 e. The fourth-order valence-electron chi connectivity index (χ4n) is 1.86. The predicted molar refractivity (Wildman–Crippen MR) is 85.6 cm³/mol.